The third-order valence-electron chi connectivity index (χ3n) is 14.0. The number of fused-ring (bicyclic) bond motifs is 9. The second-order valence-corrected chi connectivity index (χ2v) is 18.6. The van der Waals surface area contributed by atoms with Crippen molar-refractivity contribution in [3.05, 3.63) is 210 Å². The molecule has 3 heterocycles. The Balaban J connectivity index is 0.988. The van der Waals surface area contributed by atoms with E-state index >= 15 is 0 Å². The highest BCUT2D eigenvalue weighted by molar-refractivity contribution is 6.10. The average Bonchev–Trinajstić information content (AvgIpc) is 3.98. The topological polar surface area (TPSA) is 18.0 Å². The minimum Gasteiger partial charge on any atom is -0.313 e. The minimum absolute atomic E-state index is 0.425. The summed E-state index contributed by atoms with van der Waals surface area (Å²) in [7, 11) is 0. The first-order valence-electron chi connectivity index (χ1n) is 23.3. The molecule has 316 valence electrons. The normalized spacial score (nSPS) is 13.9. The molecule has 0 radical (unpaired) electrons. The molecule has 65 heavy (non-hydrogen) atoms. The van der Waals surface area contributed by atoms with Crippen LogP contribution in [0, 0.1) is 0 Å². The van der Waals surface area contributed by atoms with Crippen molar-refractivity contribution >= 4 is 77.7 Å². The molecular weight excluding hydrogens is 789 g/mol. The molecule has 0 aliphatic heterocycles. The highest BCUT2D eigenvalue weighted by Crippen LogP contribution is 2.42. The third-order valence-corrected chi connectivity index (χ3v) is 14.0. The van der Waals surface area contributed by atoms with Gasteiger partial charge in [-0.15, -0.1) is 0 Å². The number of para-hydroxylation sites is 3. The molecule has 0 N–H and O–H groups in total. The summed E-state index contributed by atoms with van der Waals surface area (Å²) in [6.45, 7) is 11.4. The van der Waals surface area contributed by atoms with Crippen LogP contribution in [-0.4, -0.2) is 13.7 Å². The van der Waals surface area contributed by atoms with Crippen LogP contribution in [0.3, 0.4) is 0 Å². The van der Waals surface area contributed by atoms with Crippen molar-refractivity contribution in [1.29, 1.82) is 0 Å². The van der Waals surface area contributed by atoms with Gasteiger partial charge < -0.3 is 18.6 Å². The molecule has 0 bridgehead atoms. The van der Waals surface area contributed by atoms with Crippen molar-refractivity contribution in [3.8, 4) is 17.1 Å². The van der Waals surface area contributed by atoms with Gasteiger partial charge in [-0.25, -0.2) is 0 Å². The van der Waals surface area contributed by atoms with Gasteiger partial charge in [0, 0.05) is 78.2 Å². The van der Waals surface area contributed by atoms with E-state index in [1.54, 1.807) is 0 Å². The van der Waals surface area contributed by atoms with Gasteiger partial charge in [0.1, 0.15) is 0 Å². The van der Waals surface area contributed by atoms with E-state index in [0.29, 0.717) is 17.8 Å². The summed E-state index contributed by atoms with van der Waals surface area (Å²) in [4.78, 5) is 2.40. The first-order valence-corrected chi connectivity index (χ1v) is 23.3. The van der Waals surface area contributed by atoms with E-state index in [9.17, 15) is 0 Å². The first kappa shape index (κ1) is 39.1. The Morgan fingerprint density at radius 2 is 0.800 bits per heavy atom. The summed E-state index contributed by atoms with van der Waals surface area (Å²) in [5.41, 5.74) is 18.3. The van der Waals surface area contributed by atoms with Crippen LogP contribution in [0.2, 0.25) is 0 Å². The second kappa shape index (κ2) is 15.3. The lowest BCUT2D eigenvalue weighted by atomic mass is 9.93. The van der Waals surface area contributed by atoms with Crippen molar-refractivity contribution in [1.82, 2.24) is 13.7 Å². The molecular formula is C61H52N4. The van der Waals surface area contributed by atoms with Gasteiger partial charge in [0.15, 0.2) is 0 Å². The maximum absolute atomic E-state index is 2.49. The monoisotopic (exact) mass is 840 g/mol. The summed E-state index contributed by atoms with van der Waals surface area (Å²) < 4.78 is 7.32. The van der Waals surface area contributed by atoms with E-state index in [1.165, 1.54) is 82.6 Å². The molecule has 0 saturated heterocycles. The lowest BCUT2D eigenvalue weighted by Crippen LogP contribution is -2.11. The second-order valence-electron chi connectivity index (χ2n) is 18.6. The fraction of sp³-hybridized carbons (Fsp3) is 0.148. The predicted octanol–water partition coefficient (Wildman–Crippen LogP) is 17.1. The number of hydrogen-bond acceptors (Lipinski definition) is 1. The van der Waals surface area contributed by atoms with E-state index in [-0.39, 0.29) is 0 Å². The van der Waals surface area contributed by atoms with Crippen molar-refractivity contribution in [3.63, 3.8) is 0 Å². The van der Waals surface area contributed by atoms with Crippen LogP contribution in [0.4, 0.5) is 17.1 Å². The number of aromatic nitrogens is 3. The number of hydrogen-bond donors (Lipinski definition) is 0. The van der Waals surface area contributed by atoms with Crippen LogP contribution >= 0.6 is 0 Å². The molecule has 12 rings (SSSR count). The SMILES string of the molecule is CC(C)c1ccc2c(c1)c1ccccc1n2-c1ccc(N(c2ccc(-n3c4c(c5ccccc53)C=CCC4C)cc2)c2ccc(-n3c4ccccc4c4cc(C(C)C)ccc43)cc2)cc1. The molecule has 1 aliphatic carbocycles. The Labute approximate surface area is 380 Å². The number of allylic oxidation sites excluding steroid dienone is 1. The van der Waals surface area contributed by atoms with Gasteiger partial charge in [-0.1, -0.05) is 114 Å². The van der Waals surface area contributed by atoms with Gasteiger partial charge in [-0.2, -0.15) is 0 Å². The first-order chi connectivity index (χ1) is 31.8. The van der Waals surface area contributed by atoms with Crippen LogP contribution < -0.4 is 4.90 Å². The van der Waals surface area contributed by atoms with Gasteiger partial charge in [0.2, 0.25) is 0 Å². The molecule has 1 unspecified atom stereocenters. The summed E-state index contributed by atoms with van der Waals surface area (Å²) in [6.07, 6.45) is 5.69. The van der Waals surface area contributed by atoms with E-state index < -0.39 is 0 Å². The number of nitrogens with zero attached hydrogens (tertiary/aromatic N) is 4. The number of benzene rings is 8. The number of anilines is 3. The van der Waals surface area contributed by atoms with Gasteiger partial charge in [0.05, 0.1) is 27.6 Å². The summed E-state index contributed by atoms with van der Waals surface area (Å²) in [5, 5.41) is 6.46. The van der Waals surface area contributed by atoms with Crippen LogP contribution in [0.1, 0.15) is 81.2 Å². The standard InChI is InChI=1S/C61H52N4/c1-39(2)42-21-35-59-54(37-42)51-15-7-9-18-56(51)63(59)47-29-23-44(24-30-47)62(46-27-33-49(34-28-46)65-58-20-11-6-14-50(58)53-17-12-13-41(5)61(53)65)45-25-31-48(32-26-45)64-57-19-10-8-16-52(57)55-38-43(40(3)4)22-36-60(55)64/h6-12,14-41H,13H2,1-5H3. The average molecular weight is 841 g/mol. The summed E-state index contributed by atoms with van der Waals surface area (Å²) in [6, 6.07) is 67.8. The molecule has 0 fully saturated rings. The summed E-state index contributed by atoms with van der Waals surface area (Å²) >= 11 is 0. The van der Waals surface area contributed by atoms with Gasteiger partial charge >= 0.3 is 0 Å². The van der Waals surface area contributed by atoms with Crippen LogP contribution in [-0.2, 0) is 0 Å². The molecule has 0 amide bonds. The highest BCUT2D eigenvalue weighted by atomic mass is 15.1. The zero-order valence-electron chi connectivity index (χ0n) is 37.7. The molecule has 1 atom stereocenters. The Morgan fingerprint density at radius 1 is 0.415 bits per heavy atom. The summed E-state index contributed by atoms with van der Waals surface area (Å²) in [5.74, 6) is 1.35. The molecule has 3 aromatic heterocycles. The molecule has 0 saturated carbocycles. The zero-order chi connectivity index (χ0) is 43.9. The fourth-order valence-electron chi connectivity index (χ4n) is 10.7. The highest BCUT2D eigenvalue weighted by Gasteiger charge is 2.24. The van der Waals surface area contributed by atoms with Crippen LogP contribution in [0.25, 0.3) is 77.7 Å². The van der Waals surface area contributed by atoms with Crippen molar-refractivity contribution in [2.75, 3.05) is 4.90 Å². The van der Waals surface area contributed by atoms with Crippen molar-refractivity contribution < 1.29 is 0 Å². The largest absolute Gasteiger partial charge is 0.313 e. The van der Waals surface area contributed by atoms with E-state index in [0.717, 1.165) is 34.9 Å². The molecule has 1 aliphatic rings. The number of rotatable bonds is 8. The molecule has 11 aromatic rings. The minimum atomic E-state index is 0.425. The Kier molecular flexibility index (Phi) is 9.20. The smallest absolute Gasteiger partial charge is 0.0541 e. The molecule has 8 aromatic carbocycles. The Bertz CT molecular complexity index is 3460. The quantitative estimate of drug-likeness (QED) is 0.149. The predicted molar refractivity (Wildman–Crippen MR) is 277 cm³/mol. The third kappa shape index (κ3) is 6.26. The molecule has 4 heteroatoms. The van der Waals surface area contributed by atoms with Crippen LogP contribution in [0.15, 0.2) is 188 Å². The molecule has 4 nitrogen and oxygen atoms in total. The van der Waals surface area contributed by atoms with Gasteiger partial charge in [-0.3, -0.25) is 0 Å². The van der Waals surface area contributed by atoms with Gasteiger partial charge in [0.25, 0.3) is 0 Å². The van der Waals surface area contributed by atoms with E-state index in [4.69, 9.17) is 0 Å². The van der Waals surface area contributed by atoms with Crippen molar-refractivity contribution in [2.45, 2.75) is 58.8 Å². The van der Waals surface area contributed by atoms with Crippen molar-refractivity contribution in [2.24, 2.45) is 0 Å². The van der Waals surface area contributed by atoms with E-state index in [2.05, 4.69) is 247 Å². The molecule has 0 spiro atoms. The lowest BCUT2D eigenvalue weighted by Gasteiger charge is -2.27. The lowest BCUT2D eigenvalue weighted by molar-refractivity contribution is 0.723. The van der Waals surface area contributed by atoms with Gasteiger partial charge in [-0.05, 0) is 145 Å². The fourth-order valence-corrected chi connectivity index (χ4v) is 10.7. The Morgan fingerprint density at radius 3 is 1.25 bits per heavy atom. The maximum Gasteiger partial charge on any atom is 0.0541 e. The van der Waals surface area contributed by atoms with Crippen LogP contribution in [0.5, 0.6) is 0 Å². The zero-order valence-corrected chi connectivity index (χ0v) is 37.7. The Hall–Kier alpha value is -7.56. The maximum atomic E-state index is 2.49. The van der Waals surface area contributed by atoms with E-state index in [1.807, 2.05) is 0 Å².